The molecule has 2 N–H and O–H groups in total. The summed E-state index contributed by atoms with van der Waals surface area (Å²) in [5.41, 5.74) is 0.938. The number of fused-ring (bicyclic) bond motifs is 1. The predicted molar refractivity (Wildman–Crippen MR) is 109 cm³/mol. The van der Waals surface area contributed by atoms with E-state index in [0.717, 1.165) is 16.3 Å². The summed E-state index contributed by atoms with van der Waals surface area (Å²) in [5.74, 6) is -0.325. The number of nitrogens with zero attached hydrogens (tertiary/aromatic N) is 2. The molecule has 0 saturated carbocycles. The van der Waals surface area contributed by atoms with Crippen molar-refractivity contribution in [2.75, 3.05) is 6.54 Å². The van der Waals surface area contributed by atoms with Gasteiger partial charge in [0.05, 0.1) is 17.3 Å². The molecule has 142 valence electrons. The second-order valence-electron chi connectivity index (χ2n) is 6.20. The molecule has 1 aromatic heterocycles. The Balaban J connectivity index is 1.91. The second kappa shape index (κ2) is 8.63. The minimum atomic E-state index is -0.479. The van der Waals surface area contributed by atoms with Crippen molar-refractivity contribution in [3.63, 3.8) is 0 Å². The highest BCUT2D eigenvalue weighted by Crippen LogP contribution is 2.21. The van der Waals surface area contributed by atoms with Crippen molar-refractivity contribution in [3.05, 3.63) is 83.4 Å². The van der Waals surface area contributed by atoms with Crippen LogP contribution in [0.5, 0.6) is 0 Å². The van der Waals surface area contributed by atoms with Crippen molar-refractivity contribution in [1.82, 2.24) is 20.6 Å². The highest BCUT2D eigenvalue weighted by molar-refractivity contribution is 6.33. The van der Waals surface area contributed by atoms with Gasteiger partial charge in [-0.25, -0.2) is 9.97 Å². The molecular formula is C21H19ClN4O2. The van der Waals surface area contributed by atoms with Crippen molar-refractivity contribution >= 4 is 34.2 Å². The molecule has 0 aliphatic rings. The normalized spacial score (nSPS) is 11.6. The Kier molecular flexibility index (Phi) is 6.01. The maximum atomic E-state index is 12.8. The maximum Gasteiger partial charge on any atom is 0.272 e. The molecule has 0 spiro atoms. The van der Waals surface area contributed by atoms with Gasteiger partial charge in [-0.15, -0.1) is 0 Å². The molecule has 1 heterocycles. The van der Waals surface area contributed by atoms with Crippen LogP contribution < -0.4 is 10.6 Å². The number of rotatable bonds is 6. The van der Waals surface area contributed by atoms with E-state index in [4.69, 9.17) is 11.6 Å². The molecule has 2 amide bonds. The van der Waals surface area contributed by atoms with Crippen LogP contribution in [0.3, 0.4) is 0 Å². The highest BCUT2D eigenvalue weighted by atomic mass is 35.5. The van der Waals surface area contributed by atoms with Gasteiger partial charge in [0, 0.05) is 6.54 Å². The van der Waals surface area contributed by atoms with Crippen molar-refractivity contribution in [2.45, 2.75) is 13.0 Å². The number of nitrogens with one attached hydrogen (secondary N) is 2. The van der Waals surface area contributed by atoms with Crippen LogP contribution in [-0.4, -0.2) is 28.3 Å². The molecule has 7 heteroatoms. The highest BCUT2D eigenvalue weighted by Gasteiger charge is 2.20. The molecule has 3 rings (SSSR count). The van der Waals surface area contributed by atoms with Crippen LogP contribution >= 0.6 is 11.6 Å². The third-order valence-electron chi connectivity index (χ3n) is 4.23. The molecule has 1 atom stereocenters. The van der Waals surface area contributed by atoms with Gasteiger partial charge in [-0.05, 0) is 35.4 Å². The number of halogens is 1. The van der Waals surface area contributed by atoms with Crippen molar-refractivity contribution in [1.29, 1.82) is 0 Å². The molecule has 0 aliphatic carbocycles. The topological polar surface area (TPSA) is 84.0 Å². The van der Waals surface area contributed by atoms with E-state index in [1.54, 1.807) is 6.92 Å². The first-order valence-corrected chi connectivity index (χ1v) is 9.04. The van der Waals surface area contributed by atoms with Gasteiger partial charge in [-0.3, -0.25) is 9.59 Å². The zero-order valence-corrected chi connectivity index (χ0v) is 16.0. The second-order valence-corrected chi connectivity index (χ2v) is 6.60. The number of aromatic nitrogens is 2. The maximum absolute atomic E-state index is 12.8. The van der Waals surface area contributed by atoms with Gasteiger partial charge in [0.1, 0.15) is 11.5 Å². The van der Waals surface area contributed by atoms with Crippen LogP contribution in [0.15, 0.2) is 61.3 Å². The summed E-state index contributed by atoms with van der Waals surface area (Å²) in [4.78, 5) is 32.5. The largest absolute Gasteiger partial charge is 0.350 e. The van der Waals surface area contributed by atoms with E-state index in [9.17, 15) is 9.59 Å². The third-order valence-corrected chi connectivity index (χ3v) is 4.50. The average molecular weight is 395 g/mol. The number of aryl methyl sites for hydroxylation is 1. The first-order valence-electron chi connectivity index (χ1n) is 8.67. The van der Waals surface area contributed by atoms with Crippen LogP contribution in [0.4, 0.5) is 0 Å². The Labute approximate surface area is 167 Å². The summed E-state index contributed by atoms with van der Waals surface area (Å²) in [6.07, 6.45) is 2.58. The van der Waals surface area contributed by atoms with E-state index < -0.39 is 11.9 Å². The number of carbonyl (C=O) groups excluding carboxylic acids is 2. The van der Waals surface area contributed by atoms with E-state index in [-0.39, 0.29) is 23.2 Å². The third kappa shape index (κ3) is 4.53. The first kappa shape index (κ1) is 19.5. The summed E-state index contributed by atoms with van der Waals surface area (Å²) < 4.78 is 0. The lowest BCUT2D eigenvalue weighted by Crippen LogP contribution is -2.37. The summed E-state index contributed by atoms with van der Waals surface area (Å²) in [7, 11) is 0. The quantitative estimate of drug-likeness (QED) is 0.628. The van der Waals surface area contributed by atoms with Crippen molar-refractivity contribution in [2.24, 2.45) is 0 Å². The molecule has 28 heavy (non-hydrogen) atoms. The lowest BCUT2D eigenvalue weighted by molar-refractivity contribution is -0.116. The van der Waals surface area contributed by atoms with Gasteiger partial charge >= 0.3 is 0 Å². The fraction of sp³-hybridized carbons (Fsp3) is 0.143. The Morgan fingerprint density at radius 1 is 1.21 bits per heavy atom. The molecule has 2 aromatic carbocycles. The molecule has 0 aliphatic heterocycles. The Bertz CT molecular complexity index is 1050. The molecule has 0 fully saturated rings. The van der Waals surface area contributed by atoms with Gasteiger partial charge < -0.3 is 10.6 Å². The first-order chi connectivity index (χ1) is 13.5. The molecule has 0 saturated heterocycles. The van der Waals surface area contributed by atoms with E-state index >= 15 is 0 Å². The molecule has 3 aromatic rings. The number of benzene rings is 2. The molecule has 0 bridgehead atoms. The fourth-order valence-corrected chi connectivity index (χ4v) is 2.97. The number of hydrogen-bond donors (Lipinski definition) is 2. The van der Waals surface area contributed by atoms with Crippen LogP contribution in [-0.2, 0) is 4.79 Å². The van der Waals surface area contributed by atoms with Crippen LogP contribution in [0, 0.1) is 6.92 Å². The van der Waals surface area contributed by atoms with Crippen LogP contribution in [0.2, 0.25) is 5.02 Å². The minimum Gasteiger partial charge on any atom is -0.350 e. The van der Waals surface area contributed by atoms with E-state index in [2.05, 4.69) is 27.2 Å². The van der Waals surface area contributed by atoms with Gasteiger partial charge in [0.15, 0.2) is 0 Å². The van der Waals surface area contributed by atoms with Crippen molar-refractivity contribution < 1.29 is 9.59 Å². The Hall–Kier alpha value is -3.25. The smallest absolute Gasteiger partial charge is 0.272 e. The minimum absolute atomic E-state index is 0.0926. The van der Waals surface area contributed by atoms with E-state index in [0.29, 0.717) is 5.82 Å². The zero-order chi connectivity index (χ0) is 20.1. The van der Waals surface area contributed by atoms with E-state index in [1.165, 1.54) is 12.3 Å². The van der Waals surface area contributed by atoms with Gasteiger partial charge in [-0.1, -0.05) is 54.6 Å². The monoisotopic (exact) mass is 394 g/mol. The lowest BCUT2D eigenvalue weighted by atomic mass is 10.0. The summed E-state index contributed by atoms with van der Waals surface area (Å²) in [5, 5.41) is 7.90. The van der Waals surface area contributed by atoms with Crippen LogP contribution in [0.25, 0.3) is 10.8 Å². The van der Waals surface area contributed by atoms with Crippen molar-refractivity contribution in [3.8, 4) is 0 Å². The Morgan fingerprint density at radius 3 is 2.71 bits per heavy atom. The average Bonchev–Trinajstić information content (AvgIpc) is 2.72. The summed E-state index contributed by atoms with van der Waals surface area (Å²) >= 11 is 6.08. The number of carbonyl (C=O) groups is 2. The number of amides is 2. The molecule has 1 unspecified atom stereocenters. The fourth-order valence-electron chi connectivity index (χ4n) is 2.79. The summed E-state index contributed by atoms with van der Waals surface area (Å²) in [6, 6.07) is 13.3. The SMILES string of the molecule is C=CC(=O)NCC(NC(=O)c1nc(C)ncc1Cl)c1ccc2ccccc2c1. The zero-order valence-electron chi connectivity index (χ0n) is 15.3. The predicted octanol–water partition coefficient (Wildman–Crippen LogP) is 3.36. The van der Waals surface area contributed by atoms with E-state index in [1.807, 2.05) is 42.5 Å². The molecular weight excluding hydrogens is 376 g/mol. The van der Waals surface area contributed by atoms with Gasteiger partial charge in [0.2, 0.25) is 5.91 Å². The Morgan fingerprint density at radius 2 is 1.96 bits per heavy atom. The molecule has 6 nitrogen and oxygen atoms in total. The van der Waals surface area contributed by atoms with Gasteiger partial charge in [0.25, 0.3) is 5.91 Å². The number of hydrogen-bond acceptors (Lipinski definition) is 4. The lowest BCUT2D eigenvalue weighted by Gasteiger charge is -2.20. The standard InChI is InChI=1S/C21H19ClN4O2/c1-3-19(27)24-12-18(16-9-8-14-6-4-5-7-15(14)10-16)26-21(28)20-17(22)11-23-13(2)25-20/h3-11,18H,1,12H2,2H3,(H,24,27)(H,26,28). The van der Waals surface area contributed by atoms with Gasteiger partial charge in [-0.2, -0.15) is 0 Å². The van der Waals surface area contributed by atoms with Crippen LogP contribution in [0.1, 0.15) is 27.9 Å². The summed E-state index contributed by atoms with van der Waals surface area (Å²) in [6.45, 7) is 5.32. The molecule has 0 radical (unpaired) electrons.